The number of hydrogen-bond acceptors (Lipinski definition) is 8. The number of fused-ring (bicyclic) bond motifs is 1. The van der Waals surface area contributed by atoms with Gasteiger partial charge < -0.3 is 10.6 Å². The first-order valence-electron chi connectivity index (χ1n) is 8.68. The fraction of sp³-hybridized carbons (Fsp3) is 0.529. The van der Waals surface area contributed by atoms with Crippen molar-refractivity contribution in [2.45, 2.75) is 30.6 Å². The van der Waals surface area contributed by atoms with Crippen LogP contribution in [-0.4, -0.2) is 44.3 Å². The molecular formula is C17H21F2N7S. The minimum absolute atomic E-state index is 0.175. The van der Waals surface area contributed by atoms with Crippen LogP contribution >= 0.6 is 11.8 Å². The number of anilines is 1. The van der Waals surface area contributed by atoms with Gasteiger partial charge in [-0.3, -0.25) is 15.3 Å². The Morgan fingerprint density at radius 1 is 1.33 bits per heavy atom. The second-order valence-corrected chi connectivity index (χ2v) is 8.55. The zero-order valence-corrected chi connectivity index (χ0v) is 15.9. The lowest BCUT2D eigenvalue weighted by molar-refractivity contribution is 0.205. The lowest BCUT2D eigenvalue weighted by atomic mass is 9.85. The Bertz CT molecular complexity index is 832. The molecule has 7 nitrogen and oxygen atoms in total. The summed E-state index contributed by atoms with van der Waals surface area (Å²) >= 11 is 1.63. The van der Waals surface area contributed by atoms with Crippen molar-refractivity contribution in [1.82, 2.24) is 25.3 Å². The molecule has 0 aromatic carbocycles. The van der Waals surface area contributed by atoms with Crippen LogP contribution in [0.15, 0.2) is 24.8 Å². The van der Waals surface area contributed by atoms with Crippen LogP contribution in [-0.2, 0) is 11.2 Å². The van der Waals surface area contributed by atoms with Crippen molar-refractivity contribution in [1.29, 1.82) is 0 Å². The summed E-state index contributed by atoms with van der Waals surface area (Å²) in [6.45, 7) is 3.68. The van der Waals surface area contributed by atoms with Crippen LogP contribution in [0.5, 0.6) is 0 Å². The molecule has 4 rings (SSSR count). The number of hydrogen-bond donors (Lipinski definition) is 2. The van der Waals surface area contributed by atoms with Gasteiger partial charge >= 0.3 is 0 Å². The average Bonchev–Trinajstić information content (AvgIpc) is 3.02. The first-order chi connectivity index (χ1) is 12.8. The Kier molecular flexibility index (Phi) is 4.52. The van der Waals surface area contributed by atoms with E-state index < -0.39 is 17.0 Å². The van der Waals surface area contributed by atoms with Gasteiger partial charge in [-0.25, -0.2) is 18.7 Å². The highest BCUT2D eigenvalue weighted by molar-refractivity contribution is 7.99. The minimum Gasteiger partial charge on any atom is -0.338 e. The Morgan fingerprint density at radius 2 is 2.15 bits per heavy atom. The molecule has 4 heterocycles. The standard InChI is InChI=1S/C17H21F2N7S/c1-16(2,19)13-11(18)5-23-15(24-13)26-7-10-8-27-14(20)25-17(10,9-26)12-6-21-3-4-22-12/h3-6,10,14,25H,7-9,20H2,1-2H3/t10-,14?,17-/m0/s1. The van der Waals surface area contributed by atoms with Gasteiger partial charge in [0, 0.05) is 37.2 Å². The van der Waals surface area contributed by atoms with Crippen molar-refractivity contribution < 1.29 is 8.78 Å². The molecule has 0 spiro atoms. The zero-order valence-electron chi connectivity index (χ0n) is 15.1. The van der Waals surface area contributed by atoms with Crippen molar-refractivity contribution in [2.24, 2.45) is 11.7 Å². The highest BCUT2D eigenvalue weighted by Crippen LogP contribution is 2.43. The van der Waals surface area contributed by atoms with Gasteiger partial charge in [-0.1, -0.05) is 0 Å². The number of nitrogens with two attached hydrogens (primary N) is 1. The Morgan fingerprint density at radius 3 is 2.85 bits per heavy atom. The molecule has 1 unspecified atom stereocenters. The van der Waals surface area contributed by atoms with Gasteiger partial charge in [0.2, 0.25) is 5.95 Å². The van der Waals surface area contributed by atoms with Gasteiger partial charge in [0.15, 0.2) is 5.82 Å². The lowest BCUT2D eigenvalue weighted by Crippen LogP contribution is -2.59. The third-order valence-corrected chi connectivity index (χ3v) is 6.12. The Labute approximate surface area is 160 Å². The largest absolute Gasteiger partial charge is 0.338 e. The molecule has 10 heteroatoms. The van der Waals surface area contributed by atoms with E-state index in [1.165, 1.54) is 13.8 Å². The summed E-state index contributed by atoms with van der Waals surface area (Å²) in [6, 6.07) is 0. The number of nitrogens with one attached hydrogen (secondary N) is 1. The van der Waals surface area contributed by atoms with E-state index in [1.807, 2.05) is 4.90 Å². The number of rotatable bonds is 3. The van der Waals surface area contributed by atoms with E-state index in [4.69, 9.17) is 5.73 Å². The van der Waals surface area contributed by atoms with Crippen molar-refractivity contribution in [3.8, 4) is 0 Å². The number of halogens is 2. The maximum Gasteiger partial charge on any atom is 0.225 e. The van der Waals surface area contributed by atoms with Crippen LogP contribution in [0.1, 0.15) is 25.2 Å². The summed E-state index contributed by atoms with van der Waals surface area (Å²) in [7, 11) is 0. The summed E-state index contributed by atoms with van der Waals surface area (Å²) in [6.07, 6.45) is 6.03. The van der Waals surface area contributed by atoms with Gasteiger partial charge in [0.25, 0.3) is 0 Å². The van der Waals surface area contributed by atoms with Crippen LogP contribution in [0, 0.1) is 11.7 Å². The molecule has 144 valence electrons. The average molecular weight is 393 g/mol. The number of aromatic nitrogens is 4. The fourth-order valence-electron chi connectivity index (χ4n) is 3.76. The molecule has 2 saturated heterocycles. The predicted octanol–water partition coefficient (Wildman–Crippen LogP) is 1.52. The summed E-state index contributed by atoms with van der Waals surface area (Å²) in [5, 5.41) is 3.46. The molecule has 2 aliphatic heterocycles. The molecule has 0 bridgehead atoms. The van der Waals surface area contributed by atoms with Gasteiger partial charge in [0.1, 0.15) is 16.9 Å². The topological polar surface area (TPSA) is 92.9 Å². The maximum absolute atomic E-state index is 14.3. The normalized spacial score (nSPS) is 28.3. The molecule has 2 aliphatic rings. The van der Waals surface area contributed by atoms with Gasteiger partial charge in [-0.2, -0.15) is 0 Å². The molecule has 2 fully saturated rings. The van der Waals surface area contributed by atoms with Crippen LogP contribution in [0.2, 0.25) is 0 Å². The fourth-order valence-corrected chi connectivity index (χ4v) is 4.89. The molecule has 0 amide bonds. The van der Waals surface area contributed by atoms with Crippen molar-refractivity contribution in [2.75, 3.05) is 23.7 Å². The maximum atomic E-state index is 14.3. The van der Waals surface area contributed by atoms with E-state index in [9.17, 15) is 8.78 Å². The smallest absolute Gasteiger partial charge is 0.225 e. The molecular weight excluding hydrogens is 372 g/mol. The monoisotopic (exact) mass is 393 g/mol. The van der Waals surface area contributed by atoms with Crippen LogP contribution in [0.25, 0.3) is 0 Å². The second kappa shape index (κ2) is 6.61. The van der Waals surface area contributed by atoms with E-state index in [0.29, 0.717) is 19.0 Å². The highest BCUT2D eigenvalue weighted by atomic mass is 32.2. The number of alkyl halides is 1. The predicted molar refractivity (Wildman–Crippen MR) is 99.1 cm³/mol. The van der Waals surface area contributed by atoms with Crippen LogP contribution < -0.4 is 16.0 Å². The SMILES string of the molecule is CC(C)(F)c1nc(N2C[C@H]3CSC(N)N[C@@]3(c3cnccn3)C2)ncc1F. The highest BCUT2D eigenvalue weighted by Gasteiger charge is 2.52. The molecule has 0 aliphatic carbocycles. The van der Waals surface area contributed by atoms with Crippen molar-refractivity contribution in [3.63, 3.8) is 0 Å². The number of thioether (sulfide) groups is 1. The molecule has 2 aromatic heterocycles. The molecule has 0 saturated carbocycles. The third-order valence-electron chi connectivity index (χ3n) is 5.05. The van der Waals surface area contributed by atoms with E-state index in [0.717, 1.165) is 17.6 Å². The number of nitrogens with zero attached hydrogens (tertiary/aromatic N) is 5. The van der Waals surface area contributed by atoms with Gasteiger partial charge in [0.05, 0.1) is 23.6 Å². The molecule has 27 heavy (non-hydrogen) atoms. The van der Waals surface area contributed by atoms with E-state index in [-0.39, 0.29) is 17.1 Å². The van der Waals surface area contributed by atoms with E-state index >= 15 is 0 Å². The van der Waals surface area contributed by atoms with Crippen molar-refractivity contribution >= 4 is 17.7 Å². The zero-order chi connectivity index (χ0) is 19.2. The summed E-state index contributed by atoms with van der Waals surface area (Å²) in [4.78, 5) is 18.9. The molecule has 3 N–H and O–H groups in total. The van der Waals surface area contributed by atoms with E-state index in [1.54, 1.807) is 30.4 Å². The summed E-state index contributed by atoms with van der Waals surface area (Å²) in [5.74, 6) is 0.552. The lowest BCUT2D eigenvalue weighted by Gasteiger charge is -2.41. The summed E-state index contributed by atoms with van der Waals surface area (Å²) in [5.41, 5.74) is 4.06. The third kappa shape index (κ3) is 3.26. The summed E-state index contributed by atoms with van der Waals surface area (Å²) < 4.78 is 28.3. The Hall–Kier alpha value is -1.91. The second-order valence-electron chi connectivity index (χ2n) is 7.38. The minimum atomic E-state index is -1.90. The first kappa shape index (κ1) is 18.5. The molecule has 0 radical (unpaired) electrons. The van der Waals surface area contributed by atoms with Gasteiger partial charge in [-0.15, -0.1) is 11.8 Å². The van der Waals surface area contributed by atoms with Crippen molar-refractivity contribution in [3.05, 3.63) is 42.0 Å². The molecule has 3 atom stereocenters. The van der Waals surface area contributed by atoms with Gasteiger partial charge in [-0.05, 0) is 13.8 Å². The van der Waals surface area contributed by atoms with Crippen LogP contribution in [0.4, 0.5) is 14.7 Å². The quantitative estimate of drug-likeness (QED) is 0.811. The van der Waals surface area contributed by atoms with Crippen LogP contribution in [0.3, 0.4) is 0 Å². The molecule has 2 aromatic rings. The Balaban J connectivity index is 1.72. The van der Waals surface area contributed by atoms with E-state index in [2.05, 4.69) is 25.3 Å². The first-order valence-corrected chi connectivity index (χ1v) is 9.73.